The highest BCUT2D eigenvalue weighted by atomic mass is 127. The molecule has 1 atom stereocenters. The average Bonchev–Trinajstić information content (AvgIpc) is 3.45. The molecule has 0 bridgehead atoms. The monoisotopic (exact) mass is 566 g/mol. The molecule has 2 N–H and O–H groups in total. The third kappa shape index (κ3) is 5.15. The summed E-state index contributed by atoms with van der Waals surface area (Å²) < 4.78 is 36.7. The Morgan fingerprint density at radius 3 is 2.73 bits per heavy atom. The van der Waals surface area contributed by atoms with Crippen LogP contribution in [0.1, 0.15) is 34.3 Å². The molecule has 10 heteroatoms. The lowest BCUT2D eigenvalue weighted by atomic mass is 9.98. The molecule has 1 saturated heterocycles. The SMILES string of the molecule is NC(=O)c1c(Cc2ccc(I)cc2F)cc(F)cc1OC[C@H]1CCCN1C(=O)n1ccnc1. The minimum Gasteiger partial charge on any atom is -0.490 e. The number of hydrogen-bond donors (Lipinski definition) is 1. The summed E-state index contributed by atoms with van der Waals surface area (Å²) in [7, 11) is 0. The highest BCUT2D eigenvalue weighted by Gasteiger charge is 2.31. The summed E-state index contributed by atoms with van der Waals surface area (Å²) in [5, 5.41) is 0. The zero-order chi connectivity index (χ0) is 23.5. The van der Waals surface area contributed by atoms with Crippen molar-refractivity contribution >= 4 is 34.5 Å². The van der Waals surface area contributed by atoms with Gasteiger partial charge in [0.05, 0.1) is 11.6 Å². The molecule has 2 heterocycles. The summed E-state index contributed by atoms with van der Waals surface area (Å²) >= 11 is 1.99. The highest BCUT2D eigenvalue weighted by Crippen LogP contribution is 2.29. The van der Waals surface area contributed by atoms with Crippen LogP contribution in [-0.4, -0.2) is 45.6 Å². The fourth-order valence-electron chi connectivity index (χ4n) is 4.01. The standard InChI is InChI=1S/C23H21F2IN4O3/c24-16-9-15(8-14-3-4-17(26)11-19(14)25)21(22(27)31)20(10-16)33-12-18-2-1-6-30(18)23(32)29-7-5-28-13-29/h3-5,7,9-11,13,18H,1-2,6,8,12H2,(H2,27,31)/t18-/m1/s1. The maximum absolute atomic E-state index is 14.4. The number of imidazole rings is 1. The van der Waals surface area contributed by atoms with Crippen LogP contribution in [0.15, 0.2) is 49.1 Å². The van der Waals surface area contributed by atoms with E-state index >= 15 is 0 Å². The number of halogens is 3. The third-order valence-corrected chi connectivity index (χ3v) is 6.24. The van der Waals surface area contributed by atoms with Crippen LogP contribution < -0.4 is 10.5 Å². The lowest BCUT2D eigenvalue weighted by Crippen LogP contribution is -2.41. The van der Waals surface area contributed by atoms with Gasteiger partial charge in [-0.1, -0.05) is 6.07 Å². The normalized spacial score (nSPS) is 15.6. The Kier molecular flexibility index (Phi) is 6.91. The molecule has 1 aromatic heterocycles. The Bertz CT molecular complexity index is 1190. The maximum Gasteiger partial charge on any atom is 0.329 e. The van der Waals surface area contributed by atoms with Crippen molar-refractivity contribution in [3.63, 3.8) is 0 Å². The van der Waals surface area contributed by atoms with Gasteiger partial charge in [0.1, 0.15) is 30.3 Å². The number of carbonyl (C=O) groups is 2. The molecule has 3 aromatic rings. The third-order valence-electron chi connectivity index (χ3n) is 5.57. The number of amides is 2. The van der Waals surface area contributed by atoms with E-state index in [1.165, 1.54) is 23.2 Å². The van der Waals surface area contributed by atoms with E-state index in [1.54, 1.807) is 23.2 Å². The molecule has 0 saturated carbocycles. The van der Waals surface area contributed by atoms with Crippen LogP contribution in [0.5, 0.6) is 5.75 Å². The summed E-state index contributed by atoms with van der Waals surface area (Å²) in [5.41, 5.74) is 6.13. The first-order valence-corrected chi connectivity index (χ1v) is 11.4. The van der Waals surface area contributed by atoms with E-state index in [1.807, 2.05) is 22.6 Å². The van der Waals surface area contributed by atoms with E-state index in [0.717, 1.165) is 22.1 Å². The second kappa shape index (κ2) is 9.86. The molecule has 172 valence electrons. The van der Waals surface area contributed by atoms with Crippen LogP contribution in [0.4, 0.5) is 13.6 Å². The van der Waals surface area contributed by atoms with Gasteiger partial charge in [-0.2, -0.15) is 0 Å². The van der Waals surface area contributed by atoms with Crippen molar-refractivity contribution in [1.29, 1.82) is 0 Å². The fraction of sp³-hybridized carbons (Fsp3) is 0.261. The van der Waals surface area contributed by atoms with Crippen molar-refractivity contribution in [1.82, 2.24) is 14.5 Å². The number of nitrogens with zero attached hydrogens (tertiary/aromatic N) is 3. The van der Waals surface area contributed by atoms with Crippen molar-refractivity contribution in [3.8, 4) is 5.75 Å². The molecule has 0 radical (unpaired) electrons. The Balaban J connectivity index is 1.57. The van der Waals surface area contributed by atoms with Gasteiger partial charge in [0.25, 0.3) is 5.91 Å². The molecule has 0 aliphatic carbocycles. The van der Waals surface area contributed by atoms with Crippen molar-refractivity contribution in [3.05, 3.63) is 80.9 Å². The minimum atomic E-state index is -0.802. The molecule has 0 unspecified atom stereocenters. The summed E-state index contributed by atoms with van der Waals surface area (Å²) in [5.74, 6) is -1.91. The Labute approximate surface area is 202 Å². The van der Waals surface area contributed by atoms with E-state index in [0.29, 0.717) is 18.5 Å². The Morgan fingerprint density at radius 1 is 1.21 bits per heavy atom. The average molecular weight is 566 g/mol. The number of benzene rings is 2. The molecule has 2 aromatic carbocycles. The fourth-order valence-corrected chi connectivity index (χ4v) is 4.46. The number of primary amides is 1. The number of ether oxygens (including phenoxy) is 1. The molecule has 4 rings (SSSR count). The number of rotatable bonds is 6. The lowest BCUT2D eigenvalue weighted by Gasteiger charge is -2.25. The first-order valence-electron chi connectivity index (χ1n) is 10.3. The van der Waals surface area contributed by atoms with Gasteiger partial charge in [0, 0.05) is 35.0 Å². The summed E-state index contributed by atoms with van der Waals surface area (Å²) in [6, 6.07) is 6.43. The van der Waals surface area contributed by atoms with Crippen LogP contribution in [0, 0.1) is 15.2 Å². The molecule has 1 aliphatic heterocycles. The maximum atomic E-state index is 14.4. The predicted molar refractivity (Wildman–Crippen MR) is 125 cm³/mol. The van der Waals surface area contributed by atoms with Gasteiger partial charge in [0.15, 0.2) is 0 Å². The number of hydrogen-bond acceptors (Lipinski definition) is 4. The first-order chi connectivity index (χ1) is 15.8. The Morgan fingerprint density at radius 2 is 2.03 bits per heavy atom. The van der Waals surface area contributed by atoms with Gasteiger partial charge in [-0.15, -0.1) is 0 Å². The second-order valence-corrected chi connectivity index (χ2v) is 9.01. The number of aromatic nitrogens is 2. The summed E-state index contributed by atoms with van der Waals surface area (Å²) in [4.78, 5) is 30.5. The zero-order valence-electron chi connectivity index (χ0n) is 17.5. The van der Waals surface area contributed by atoms with Crippen LogP contribution in [0.3, 0.4) is 0 Å². The largest absolute Gasteiger partial charge is 0.490 e. The van der Waals surface area contributed by atoms with Gasteiger partial charge in [0.2, 0.25) is 0 Å². The first kappa shape index (κ1) is 23.1. The molecule has 33 heavy (non-hydrogen) atoms. The molecule has 0 spiro atoms. The van der Waals surface area contributed by atoms with Crippen LogP contribution in [0.25, 0.3) is 0 Å². The van der Waals surface area contributed by atoms with Crippen LogP contribution in [-0.2, 0) is 6.42 Å². The predicted octanol–water partition coefficient (Wildman–Crippen LogP) is 3.97. The van der Waals surface area contributed by atoms with Gasteiger partial charge in [-0.05, 0) is 64.8 Å². The molecule has 1 fully saturated rings. The van der Waals surface area contributed by atoms with Gasteiger partial charge in [-0.3, -0.25) is 9.36 Å². The molecular formula is C23H21F2IN4O3. The van der Waals surface area contributed by atoms with Crippen molar-refractivity contribution < 1.29 is 23.1 Å². The van der Waals surface area contributed by atoms with E-state index < -0.39 is 17.5 Å². The van der Waals surface area contributed by atoms with E-state index in [9.17, 15) is 18.4 Å². The summed E-state index contributed by atoms with van der Waals surface area (Å²) in [6.07, 6.45) is 5.96. The van der Waals surface area contributed by atoms with Gasteiger partial charge in [-0.25, -0.2) is 18.6 Å². The summed E-state index contributed by atoms with van der Waals surface area (Å²) in [6.45, 7) is 0.607. The van der Waals surface area contributed by atoms with Crippen molar-refractivity contribution in [2.24, 2.45) is 5.73 Å². The number of nitrogens with two attached hydrogens (primary N) is 1. The quantitative estimate of drug-likeness (QED) is 0.458. The molecule has 7 nitrogen and oxygen atoms in total. The van der Waals surface area contributed by atoms with E-state index in [4.69, 9.17) is 10.5 Å². The lowest BCUT2D eigenvalue weighted by molar-refractivity contribution is 0.0992. The molecule has 1 aliphatic rings. The van der Waals surface area contributed by atoms with Crippen molar-refractivity contribution in [2.45, 2.75) is 25.3 Å². The molecular weight excluding hydrogens is 545 g/mol. The van der Waals surface area contributed by atoms with Crippen LogP contribution >= 0.6 is 22.6 Å². The van der Waals surface area contributed by atoms with Gasteiger partial charge < -0.3 is 15.4 Å². The minimum absolute atomic E-state index is 0.000155. The van der Waals surface area contributed by atoms with Crippen molar-refractivity contribution in [2.75, 3.05) is 13.2 Å². The Hall–Kier alpha value is -3.02. The highest BCUT2D eigenvalue weighted by molar-refractivity contribution is 14.1. The second-order valence-electron chi connectivity index (χ2n) is 7.77. The zero-order valence-corrected chi connectivity index (χ0v) is 19.7. The van der Waals surface area contributed by atoms with E-state index in [2.05, 4.69) is 4.98 Å². The number of likely N-dealkylation sites (tertiary alicyclic amines) is 1. The molecule has 2 amide bonds. The number of carbonyl (C=O) groups excluding carboxylic acids is 2. The topological polar surface area (TPSA) is 90.5 Å². The van der Waals surface area contributed by atoms with Gasteiger partial charge >= 0.3 is 6.03 Å². The van der Waals surface area contributed by atoms with E-state index in [-0.39, 0.29) is 42.0 Å². The van der Waals surface area contributed by atoms with Crippen LogP contribution in [0.2, 0.25) is 0 Å². The smallest absolute Gasteiger partial charge is 0.329 e.